The number of benzene rings is 1. The first-order valence-corrected chi connectivity index (χ1v) is 6.42. The van der Waals surface area contributed by atoms with Crippen molar-refractivity contribution in [3.05, 3.63) is 29.8 Å². The molecule has 108 valence electrons. The van der Waals surface area contributed by atoms with E-state index in [0.29, 0.717) is 0 Å². The molecule has 0 bridgehead atoms. The summed E-state index contributed by atoms with van der Waals surface area (Å²) < 4.78 is 28.7. The molecule has 1 atom stereocenters. The Morgan fingerprint density at radius 1 is 1.32 bits per heavy atom. The third kappa shape index (κ3) is 6.50. The van der Waals surface area contributed by atoms with E-state index in [1.165, 1.54) is 6.07 Å². The molecule has 19 heavy (non-hydrogen) atoms. The second-order valence-electron chi connectivity index (χ2n) is 4.78. The van der Waals surface area contributed by atoms with Gasteiger partial charge in [0, 0.05) is 6.04 Å². The lowest BCUT2D eigenvalue weighted by Crippen LogP contribution is -2.23. The Balaban J connectivity index is 2.45. The Morgan fingerprint density at radius 3 is 2.68 bits per heavy atom. The zero-order chi connectivity index (χ0) is 14.3. The summed E-state index contributed by atoms with van der Waals surface area (Å²) in [4.78, 5) is 2.13. The van der Waals surface area contributed by atoms with Crippen molar-refractivity contribution in [1.29, 1.82) is 0 Å². The van der Waals surface area contributed by atoms with Gasteiger partial charge in [0.1, 0.15) is 5.75 Å². The van der Waals surface area contributed by atoms with Crippen LogP contribution in [0.5, 0.6) is 5.75 Å². The molecule has 0 spiro atoms. The summed E-state index contributed by atoms with van der Waals surface area (Å²) in [6.07, 6.45) is 1.05. The highest BCUT2D eigenvalue weighted by atomic mass is 19.3. The molecule has 3 nitrogen and oxygen atoms in total. The van der Waals surface area contributed by atoms with Gasteiger partial charge in [0.25, 0.3) is 0 Å². The van der Waals surface area contributed by atoms with Crippen molar-refractivity contribution >= 4 is 0 Å². The van der Waals surface area contributed by atoms with Gasteiger partial charge in [0.2, 0.25) is 0 Å². The molecule has 0 aliphatic rings. The normalized spacial score (nSPS) is 13.0. The van der Waals surface area contributed by atoms with Crippen molar-refractivity contribution in [2.24, 2.45) is 0 Å². The second kappa shape index (κ2) is 8.07. The second-order valence-corrected chi connectivity index (χ2v) is 4.78. The lowest BCUT2D eigenvalue weighted by atomic mass is 10.1. The molecule has 1 aromatic rings. The molecule has 0 saturated carbocycles. The molecule has 0 radical (unpaired) electrons. The van der Waals surface area contributed by atoms with Gasteiger partial charge in [-0.05, 0) is 58.2 Å². The van der Waals surface area contributed by atoms with Crippen LogP contribution in [0.2, 0.25) is 0 Å². The van der Waals surface area contributed by atoms with Crippen molar-refractivity contribution in [3.63, 3.8) is 0 Å². The highest BCUT2D eigenvalue weighted by Crippen LogP contribution is 2.20. The zero-order valence-corrected chi connectivity index (χ0v) is 11.7. The molecule has 0 aliphatic carbocycles. The van der Waals surface area contributed by atoms with Crippen LogP contribution in [0.25, 0.3) is 0 Å². The average Bonchev–Trinajstić information content (AvgIpc) is 2.33. The van der Waals surface area contributed by atoms with E-state index >= 15 is 0 Å². The molecule has 1 rings (SSSR count). The van der Waals surface area contributed by atoms with E-state index < -0.39 is 6.61 Å². The number of alkyl halides is 2. The number of halogens is 2. The highest BCUT2D eigenvalue weighted by Gasteiger charge is 2.08. The summed E-state index contributed by atoms with van der Waals surface area (Å²) in [6, 6.07) is 6.93. The summed E-state index contributed by atoms with van der Waals surface area (Å²) in [7, 11) is 4.07. The Bertz CT molecular complexity index is 372. The lowest BCUT2D eigenvalue weighted by Gasteiger charge is -2.16. The minimum Gasteiger partial charge on any atom is -0.435 e. The van der Waals surface area contributed by atoms with Crippen molar-refractivity contribution in [3.8, 4) is 5.75 Å². The van der Waals surface area contributed by atoms with Gasteiger partial charge in [-0.25, -0.2) is 0 Å². The van der Waals surface area contributed by atoms with Gasteiger partial charge in [-0.15, -0.1) is 0 Å². The standard InChI is InChI=1S/C14H22F2N2O/c1-11(17-8-5-9-18(2)3)12-6-4-7-13(10-12)19-14(15)16/h4,6-7,10-11,14,17H,5,8-9H2,1-3H3. The van der Waals surface area contributed by atoms with Crippen LogP contribution in [0.3, 0.4) is 0 Å². The van der Waals surface area contributed by atoms with Crippen LogP contribution in [0.4, 0.5) is 8.78 Å². The summed E-state index contributed by atoms with van der Waals surface area (Å²) >= 11 is 0. The molecule has 1 N–H and O–H groups in total. The number of hydrogen-bond donors (Lipinski definition) is 1. The van der Waals surface area contributed by atoms with E-state index in [4.69, 9.17) is 0 Å². The predicted octanol–water partition coefficient (Wildman–Crippen LogP) is 2.89. The van der Waals surface area contributed by atoms with E-state index in [-0.39, 0.29) is 11.8 Å². The van der Waals surface area contributed by atoms with E-state index in [1.807, 2.05) is 27.1 Å². The van der Waals surface area contributed by atoms with E-state index in [2.05, 4.69) is 15.0 Å². The van der Waals surface area contributed by atoms with Crippen molar-refractivity contribution < 1.29 is 13.5 Å². The third-order valence-corrected chi connectivity index (χ3v) is 2.82. The Hall–Kier alpha value is -1.20. The molecule has 0 aliphatic heterocycles. The molecular formula is C14H22F2N2O. The van der Waals surface area contributed by atoms with Gasteiger partial charge in [0.15, 0.2) is 0 Å². The maximum Gasteiger partial charge on any atom is 0.387 e. The van der Waals surface area contributed by atoms with Crippen LogP contribution in [0, 0.1) is 0 Å². The number of nitrogens with zero attached hydrogens (tertiary/aromatic N) is 1. The Kier molecular flexibility index (Phi) is 6.73. The molecular weight excluding hydrogens is 250 g/mol. The predicted molar refractivity (Wildman–Crippen MR) is 72.7 cm³/mol. The zero-order valence-electron chi connectivity index (χ0n) is 11.7. The molecule has 0 fully saturated rings. The molecule has 0 aromatic heterocycles. The van der Waals surface area contributed by atoms with E-state index in [1.54, 1.807) is 12.1 Å². The maximum absolute atomic E-state index is 12.1. The number of hydrogen-bond acceptors (Lipinski definition) is 3. The Morgan fingerprint density at radius 2 is 2.05 bits per heavy atom. The van der Waals surface area contributed by atoms with Crippen molar-refractivity contribution in [1.82, 2.24) is 10.2 Å². The van der Waals surface area contributed by atoms with Crippen molar-refractivity contribution in [2.45, 2.75) is 26.0 Å². The topological polar surface area (TPSA) is 24.5 Å². The van der Waals surface area contributed by atoms with Crippen LogP contribution in [0.1, 0.15) is 24.9 Å². The van der Waals surface area contributed by atoms with Gasteiger partial charge in [-0.1, -0.05) is 12.1 Å². The van der Waals surface area contributed by atoms with Gasteiger partial charge >= 0.3 is 6.61 Å². The summed E-state index contributed by atoms with van der Waals surface area (Å²) in [6.45, 7) is 1.14. The molecule has 0 heterocycles. The third-order valence-electron chi connectivity index (χ3n) is 2.82. The minimum atomic E-state index is -2.78. The van der Waals surface area contributed by atoms with Crippen LogP contribution < -0.4 is 10.1 Å². The first-order valence-electron chi connectivity index (χ1n) is 6.42. The summed E-state index contributed by atoms with van der Waals surface area (Å²) in [5.41, 5.74) is 0.947. The van der Waals surface area contributed by atoms with Crippen LogP contribution >= 0.6 is 0 Å². The van der Waals surface area contributed by atoms with Crippen molar-refractivity contribution in [2.75, 3.05) is 27.2 Å². The van der Waals surface area contributed by atoms with Gasteiger partial charge in [0.05, 0.1) is 0 Å². The fourth-order valence-electron chi connectivity index (χ4n) is 1.79. The van der Waals surface area contributed by atoms with Crippen LogP contribution in [0.15, 0.2) is 24.3 Å². The van der Waals surface area contributed by atoms with Crippen LogP contribution in [-0.2, 0) is 0 Å². The smallest absolute Gasteiger partial charge is 0.387 e. The van der Waals surface area contributed by atoms with Crippen LogP contribution in [-0.4, -0.2) is 38.7 Å². The monoisotopic (exact) mass is 272 g/mol. The number of rotatable bonds is 8. The summed E-state index contributed by atoms with van der Waals surface area (Å²) in [5.74, 6) is 0.203. The Labute approximate surface area is 113 Å². The fraction of sp³-hybridized carbons (Fsp3) is 0.571. The molecule has 1 unspecified atom stereocenters. The fourth-order valence-corrected chi connectivity index (χ4v) is 1.79. The first kappa shape index (κ1) is 15.9. The van der Waals surface area contributed by atoms with Gasteiger partial charge in [-0.2, -0.15) is 8.78 Å². The minimum absolute atomic E-state index is 0.114. The quantitative estimate of drug-likeness (QED) is 0.736. The number of nitrogens with one attached hydrogen (secondary N) is 1. The van der Waals surface area contributed by atoms with E-state index in [0.717, 1.165) is 25.1 Å². The van der Waals surface area contributed by atoms with E-state index in [9.17, 15) is 8.78 Å². The van der Waals surface area contributed by atoms with Gasteiger partial charge < -0.3 is 15.0 Å². The molecule has 0 saturated heterocycles. The summed E-state index contributed by atoms with van der Waals surface area (Å²) in [5, 5.41) is 3.37. The largest absolute Gasteiger partial charge is 0.435 e. The van der Waals surface area contributed by atoms with Gasteiger partial charge in [-0.3, -0.25) is 0 Å². The SMILES string of the molecule is CC(NCCCN(C)C)c1cccc(OC(F)F)c1. The number of ether oxygens (including phenoxy) is 1. The molecule has 0 amide bonds. The maximum atomic E-state index is 12.1. The first-order chi connectivity index (χ1) is 8.99. The molecule has 1 aromatic carbocycles. The molecule has 5 heteroatoms. The average molecular weight is 272 g/mol. The lowest BCUT2D eigenvalue weighted by molar-refractivity contribution is -0.0499. The highest BCUT2D eigenvalue weighted by molar-refractivity contribution is 5.30.